The van der Waals surface area contributed by atoms with Gasteiger partial charge in [-0.15, -0.1) is 5.10 Å². The normalized spacial score (nSPS) is 16.5. The molecule has 10 heteroatoms. The van der Waals surface area contributed by atoms with E-state index in [1.807, 2.05) is 24.0 Å². The minimum Gasteiger partial charge on any atom is -0.342 e. The van der Waals surface area contributed by atoms with Gasteiger partial charge in [-0.2, -0.15) is 0 Å². The molecule has 0 radical (unpaired) electrons. The van der Waals surface area contributed by atoms with Gasteiger partial charge in [-0.25, -0.2) is 13.9 Å². The molecule has 0 unspecified atom stereocenters. The number of hydrogen-bond donors (Lipinski definition) is 2. The summed E-state index contributed by atoms with van der Waals surface area (Å²) in [6.45, 7) is 3.46. The molecule has 3 amide bonds. The Balaban J connectivity index is 1.26. The Hall–Kier alpha value is -3.82. The zero-order chi connectivity index (χ0) is 24.8. The highest BCUT2D eigenvalue weighted by Gasteiger charge is 2.27. The Bertz CT molecular complexity index is 1160. The monoisotopic (exact) mass is 479 g/mol. The standard InChI is InChI=1S/C25H30FN7O2/c1-17(24(34)33-12-4-5-19(16-33)13-18-8-10-21(26)11-9-18)15-27-25(35)28-22-7-3-6-20(14-22)23-29-30-31-32(23)2/h3,6-11,14,17,19H,4-5,12-13,15-16H2,1-2H3,(H2,27,28,35)/t17-,19-/m0/s1. The number of likely N-dealkylation sites (tertiary alicyclic amines) is 1. The van der Waals surface area contributed by atoms with Crippen molar-refractivity contribution in [3.63, 3.8) is 0 Å². The molecule has 4 rings (SSSR count). The number of halogens is 1. The zero-order valence-corrected chi connectivity index (χ0v) is 19.9. The molecule has 184 valence electrons. The fourth-order valence-electron chi connectivity index (χ4n) is 4.42. The molecule has 2 aromatic carbocycles. The van der Waals surface area contributed by atoms with Crippen LogP contribution in [-0.4, -0.2) is 56.7 Å². The van der Waals surface area contributed by atoms with Gasteiger partial charge < -0.3 is 15.5 Å². The second kappa shape index (κ2) is 11.1. The minimum atomic E-state index is -0.384. The third kappa shape index (κ3) is 6.40. The van der Waals surface area contributed by atoms with E-state index >= 15 is 0 Å². The highest BCUT2D eigenvalue weighted by Crippen LogP contribution is 2.23. The molecule has 1 saturated heterocycles. The van der Waals surface area contributed by atoms with Gasteiger partial charge in [-0.1, -0.05) is 31.2 Å². The molecule has 1 aliphatic rings. The molecule has 0 bridgehead atoms. The van der Waals surface area contributed by atoms with Crippen molar-refractivity contribution in [3.05, 3.63) is 59.9 Å². The number of carbonyl (C=O) groups excluding carboxylic acids is 2. The number of amides is 3. The second-order valence-electron chi connectivity index (χ2n) is 9.07. The predicted molar refractivity (Wildman–Crippen MR) is 130 cm³/mol. The van der Waals surface area contributed by atoms with E-state index in [4.69, 9.17) is 0 Å². The van der Waals surface area contributed by atoms with E-state index < -0.39 is 0 Å². The minimum absolute atomic E-state index is 0.0332. The molecular formula is C25H30FN7O2. The third-order valence-corrected chi connectivity index (χ3v) is 6.26. The number of anilines is 1. The van der Waals surface area contributed by atoms with Gasteiger partial charge in [0.25, 0.3) is 0 Å². The number of carbonyl (C=O) groups is 2. The van der Waals surface area contributed by atoms with Gasteiger partial charge in [0.2, 0.25) is 5.91 Å². The molecular weight excluding hydrogens is 449 g/mol. The molecule has 2 N–H and O–H groups in total. The van der Waals surface area contributed by atoms with E-state index in [1.54, 1.807) is 36.0 Å². The SMILES string of the molecule is C[C@@H](CNC(=O)Nc1cccc(-c2nnnn2C)c1)C(=O)N1CCC[C@@H](Cc2ccc(F)cc2)C1. The summed E-state index contributed by atoms with van der Waals surface area (Å²) < 4.78 is 14.7. The molecule has 1 aromatic heterocycles. The largest absolute Gasteiger partial charge is 0.342 e. The van der Waals surface area contributed by atoms with Crippen LogP contribution in [0.25, 0.3) is 11.4 Å². The molecule has 0 spiro atoms. The number of aryl methyl sites for hydroxylation is 1. The average Bonchev–Trinajstić information content (AvgIpc) is 3.29. The summed E-state index contributed by atoms with van der Waals surface area (Å²) in [5.74, 6) is 0.382. The molecule has 2 atom stereocenters. The van der Waals surface area contributed by atoms with Crippen molar-refractivity contribution in [2.45, 2.75) is 26.2 Å². The Morgan fingerprint density at radius 3 is 2.74 bits per heavy atom. The van der Waals surface area contributed by atoms with Gasteiger partial charge in [0.1, 0.15) is 5.82 Å². The summed E-state index contributed by atoms with van der Waals surface area (Å²) in [6.07, 6.45) is 2.80. The Labute approximate surface area is 203 Å². The van der Waals surface area contributed by atoms with Gasteiger partial charge in [0, 0.05) is 37.9 Å². The van der Waals surface area contributed by atoms with Gasteiger partial charge in [-0.05, 0) is 65.4 Å². The van der Waals surface area contributed by atoms with Crippen LogP contribution in [0.2, 0.25) is 0 Å². The van der Waals surface area contributed by atoms with E-state index in [2.05, 4.69) is 26.2 Å². The highest BCUT2D eigenvalue weighted by atomic mass is 19.1. The molecule has 3 aromatic rings. The smallest absolute Gasteiger partial charge is 0.319 e. The molecule has 2 heterocycles. The summed E-state index contributed by atoms with van der Waals surface area (Å²) in [5, 5.41) is 17.0. The Morgan fingerprint density at radius 1 is 1.20 bits per heavy atom. The molecule has 35 heavy (non-hydrogen) atoms. The molecule has 0 aliphatic carbocycles. The molecule has 0 saturated carbocycles. The van der Waals surface area contributed by atoms with Crippen molar-refractivity contribution >= 4 is 17.6 Å². The quantitative estimate of drug-likeness (QED) is 0.541. The number of nitrogens with one attached hydrogen (secondary N) is 2. The zero-order valence-electron chi connectivity index (χ0n) is 19.9. The third-order valence-electron chi connectivity index (χ3n) is 6.26. The van der Waals surface area contributed by atoms with Crippen LogP contribution in [0.5, 0.6) is 0 Å². The maximum atomic E-state index is 13.2. The van der Waals surface area contributed by atoms with Crippen molar-refractivity contribution < 1.29 is 14.0 Å². The van der Waals surface area contributed by atoms with Gasteiger partial charge in [0.05, 0.1) is 5.92 Å². The average molecular weight is 480 g/mol. The van der Waals surface area contributed by atoms with Crippen LogP contribution in [0.3, 0.4) is 0 Å². The summed E-state index contributed by atoms with van der Waals surface area (Å²) in [6, 6.07) is 13.4. The van der Waals surface area contributed by atoms with Crippen LogP contribution in [0.4, 0.5) is 14.9 Å². The molecule has 9 nitrogen and oxygen atoms in total. The summed E-state index contributed by atoms with van der Waals surface area (Å²) in [7, 11) is 1.74. The van der Waals surface area contributed by atoms with Crippen molar-refractivity contribution in [1.29, 1.82) is 0 Å². The molecule has 1 fully saturated rings. The number of urea groups is 1. The number of hydrogen-bond acceptors (Lipinski definition) is 5. The van der Waals surface area contributed by atoms with E-state index in [0.717, 1.165) is 36.9 Å². The summed E-state index contributed by atoms with van der Waals surface area (Å²) in [5.41, 5.74) is 2.46. The van der Waals surface area contributed by atoms with Crippen LogP contribution in [0.15, 0.2) is 48.5 Å². The number of aromatic nitrogens is 4. The van der Waals surface area contributed by atoms with Crippen molar-refractivity contribution in [2.75, 3.05) is 25.0 Å². The van der Waals surface area contributed by atoms with Gasteiger partial charge in [0.15, 0.2) is 5.82 Å². The lowest BCUT2D eigenvalue weighted by Crippen LogP contribution is -2.45. The number of piperidine rings is 1. The first-order chi connectivity index (χ1) is 16.9. The second-order valence-corrected chi connectivity index (χ2v) is 9.07. The first-order valence-electron chi connectivity index (χ1n) is 11.8. The van der Waals surface area contributed by atoms with Gasteiger partial charge in [-0.3, -0.25) is 4.79 Å². The maximum Gasteiger partial charge on any atom is 0.319 e. The first kappa shape index (κ1) is 24.3. The van der Waals surface area contributed by atoms with Crippen LogP contribution < -0.4 is 10.6 Å². The van der Waals surface area contributed by atoms with Crippen molar-refractivity contribution in [2.24, 2.45) is 18.9 Å². The Morgan fingerprint density at radius 2 is 2.00 bits per heavy atom. The van der Waals surface area contributed by atoms with E-state index in [1.165, 1.54) is 12.1 Å². The maximum absolute atomic E-state index is 13.2. The van der Waals surface area contributed by atoms with E-state index in [0.29, 0.717) is 24.0 Å². The first-order valence-corrected chi connectivity index (χ1v) is 11.8. The number of nitrogens with zero attached hydrogens (tertiary/aromatic N) is 5. The molecule has 1 aliphatic heterocycles. The fourth-order valence-corrected chi connectivity index (χ4v) is 4.42. The lowest BCUT2D eigenvalue weighted by Gasteiger charge is -2.34. The van der Waals surface area contributed by atoms with Gasteiger partial charge >= 0.3 is 6.03 Å². The van der Waals surface area contributed by atoms with E-state index in [9.17, 15) is 14.0 Å². The van der Waals surface area contributed by atoms with Crippen LogP contribution in [0.1, 0.15) is 25.3 Å². The predicted octanol–water partition coefficient (Wildman–Crippen LogP) is 3.26. The lowest BCUT2D eigenvalue weighted by atomic mass is 9.90. The van der Waals surface area contributed by atoms with E-state index in [-0.39, 0.29) is 30.2 Å². The fraction of sp³-hybridized carbons (Fsp3) is 0.400. The van der Waals surface area contributed by atoms with Crippen LogP contribution in [0, 0.1) is 17.7 Å². The van der Waals surface area contributed by atoms with Crippen molar-refractivity contribution in [3.8, 4) is 11.4 Å². The van der Waals surface area contributed by atoms with Crippen molar-refractivity contribution in [1.82, 2.24) is 30.4 Å². The lowest BCUT2D eigenvalue weighted by molar-refractivity contribution is -0.136. The summed E-state index contributed by atoms with van der Waals surface area (Å²) >= 11 is 0. The number of rotatable bonds is 7. The number of benzene rings is 2. The number of tetrazole rings is 1. The van der Waals surface area contributed by atoms with Crippen LogP contribution >= 0.6 is 0 Å². The topological polar surface area (TPSA) is 105 Å². The highest BCUT2D eigenvalue weighted by molar-refractivity contribution is 5.90. The Kier molecular flexibility index (Phi) is 7.69. The summed E-state index contributed by atoms with van der Waals surface area (Å²) in [4.78, 5) is 27.3. The van der Waals surface area contributed by atoms with Crippen LogP contribution in [-0.2, 0) is 18.3 Å².